The zero-order valence-electron chi connectivity index (χ0n) is 18.4. The second-order valence-electron chi connectivity index (χ2n) is 8.72. The largest absolute Gasteiger partial charge is 0.432 e. The molecule has 2 aromatic heterocycles. The van der Waals surface area contributed by atoms with E-state index in [4.69, 9.17) is 5.73 Å². The van der Waals surface area contributed by atoms with Gasteiger partial charge in [-0.3, -0.25) is 0 Å². The van der Waals surface area contributed by atoms with Gasteiger partial charge in [0, 0.05) is 29.1 Å². The number of aromatic nitrogens is 2. The first-order chi connectivity index (χ1) is 16.1. The number of nitrogens with one attached hydrogen (secondary N) is 1. The van der Waals surface area contributed by atoms with Crippen molar-refractivity contribution < 1.29 is 13.2 Å². The Labute approximate surface area is 202 Å². The molecule has 6 nitrogen and oxygen atoms in total. The van der Waals surface area contributed by atoms with Crippen molar-refractivity contribution in [1.82, 2.24) is 20.4 Å². The number of nitrogens with two attached hydrogens (primary N) is 1. The molecule has 2 aliphatic rings. The number of hydrogen-bond donors (Lipinski definition) is 2. The second kappa shape index (κ2) is 7.99. The molecule has 3 heterocycles. The van der Waals surface area contributed by atoms with Crippen LogP contribution in [0.3, 0.4) is 0 Å². The highest BCUT2D eigenvalue weighted by atomic mass is 32.1. The predicted octanol–water partition coefficient (Wildman–Crippen LogP) is 5.30. The standard InChI is InChI=1S/C23H21F3N6S2/c1-22(9-3-4-15-17(22)14(10-27)18(28)33-15)21-31-30-20(34-21)13-7-5-12(6-8-13)19-29-16(11-32(19)2)23(24,25)26/h5-8,11,19,29H,3-4,9,28H2,1-2H3. The number of allylic oxidation sites excluding steroid dienone is 1. The topological polar surface area (TPSA) is 90.9 Å². The quantitative estimate of drug-likeness (QED) is 0.505. The van der Waals surface area contributed by atoms with Gasteiger partial charge in [-0.1, -0.05) is 35.6 Å². The fourth-order valence-electron chi connectivity index (χ4n) is 4.72. The smallest absolute Gasteiger partial charge is 0.389 e. The summed E-state index contributed by atoms with van der Waals surface area (Å²) < 4.78 is 39.1. The molecule has 0 radical (unpaired) electrons. The number of aryl methyl sites for hydroxylation is 1. The minimum absolute atomic E-state index is 0.432. The number of halogens is 3. The molecule has 0 fully saturated rings. The van der Waals surface area contributed by atoms with Crippen LogP contribution in [0.5, 0.6) is 0 Å². The minimum Gasteiger partial charge on any atom is -0.389 e. The maximum Gasteiger partial charge on any atom is 0.432 e. The summed E-state index contributed by atoms with van der Waals surface area (Å²) in [5.74, 6) is 0. The molecule has 1 aliphatic heterocycles. The number of nitrogen functional groups attached to an aromatic ring is 1. The van der Waals surface area contributed by atoms with Gasteiger partial charge in [-0.15, -0.1) is 21.5 Å². The Balaban J connectivity index is 1.41. The van der Waals surface area contributed by atoms with Crippen molar-refractivity contribution in [2.45, 2.75) is 43.9 Å². The van der Waals surface area contributed by atoms with Gasteiger partial charge in [-0.05, 0) is 37.3 Å². The van der Waals surface area contributed by atoms with Gasteiger partial charge < -0.3 is 16.0 Å². The summed E-state index contributed by atoms with van der Waals surface area (Å²) in [6, 6.07) is 9.56. The minimum atomic E-state index is -4.42. The fraction of sp³-hybridized carbons (Fsp3) is 0.348. The summed E-state index contributed by atoms with van der Waals surface area (Å²) in [5, 5.41) is 23.2. The zero-order valence-corrected chi connectivity index (χ0v) is 20.0. The predicted molar refractivity (Wildman–Crippen MR) is 126 cm³/mol. The normalized spacial score (nSPS) is 22.2. The molecule has 0 saturated heterocycles. The summed E-state index contributed by atoms with van der Waals surface area (Å²) in [5.41, 5.74) is 8.00. The SMILES string of the molecule is CN1C=C(C(F)(F)F)NC1c1ccc(-c2nnc(C3(C)CCCc4sc(N)c(C#N)c43)s2)cc1. The number of hydrogen-bond acceptors (Lipinski definition) is 8. The van der Waals surface area contributed by atoms with Crippen LogP contribution in [-0.2, 0) is 11.8 Å². The molecule has 0 bridgehead atoms. The van der Waals surface area contributed by atoms with Gasteiger partial charge in [0.1, 0.15) is 32.9 Å². The van der Waals surface area contributed by atoms with E-state index >= 15 is 0 Å². The third-order valence-electron chi connectivity index (χ3n) is 6.46. The van der Waals surface area contributed by atoms with Gasteiger partial charge in [0.2, 0.25) is 0 Å². The third-order valence-corrected chi connectivity index (χ3v) is 8.78. The summed E-state index contributed by atoms with van der Waals surface area (Å²) in [7, 11) is 1.60. The van der Waals surface area contributed by atoms with Crippen LogP contribution in [0, 0.1) is 11.3 Å². The van der Waals surface area contributed by atoms with Crippen molar-refractivity contribution in [2.75, 3.05) is 12.8 Å². The molecule has 34 heavy (non-hydrogen) atoms. The molecule has 0 saturated carbocycles. The van der Waals surface area contributed by atoms with Crippen LogP contribution in [-0.4, -0.2) is 28.3 Å². The number of benzene rings is 1. The maximum absolute atomic E-state index is 13.0. The van der Waals surface area contributed by atoms with Crippen molar-refractivity contribution in [1.29, 1.82) is 5.26 Å². The molecule has 5 rings (SSSR count). The first-order valence-corrected chi connectivity index (χ1v) is 12.3. The van der Waals surface area contributed by atoms with Crippen LogP contribution in [0.25, 0.3) is 10.6 Å². The first-order valence-electron chi connectivity index (χ1n) is 10.7. The fourth-order valence-corrected chi connectivity index (χ4v) is 6.94. The number of nitrogens with zero attached hydrogens (tertiary/aromatic N) is 4. The molecule has 1 aromatic carbocycles. The van der Waals surface area contributed by atoms with Gasteiger partial charge in [-0.2, -0.15) is 18.4 Å². The molecule has 3 N–H and O–H groups in total. The van der Waals surface area contributed by atoms with Crippen LogP contribution in [0.2, 0.25) is 0 Å². The monoisotopic (exact) mass is 502 g/mol. The van der Waals surface area contributed by atoms with Gasteiger partial charge in [0.15, 0.2) is 0 Å². The van der Waals surface area contributed by atoms with Crippen molar-refractivity contribution in [3.05, 3.63) is 62.7 Å². The van der Waals surface area contributed by atoms with Crippen molar-refractivity contribution in [2.24, 2.45) is 0 Å². The molecule has 2 unspecified atom stereocenters. The van der Waals surface area contributed by atoms with Crippen molar-refractivity contribution >= 4 is 27.7 Å². The van der Waals surface area contributed by atoms with Gasteiger partial charge in [0.05, 0.1) is 5.56 Å². The molecular formula is C23H21F3N6S2. The number of alkyl halides is 3. The molecular weight excluding hydrogens is 481 g/mol. The van der Waals surface area contributed by atoms with Crippen LogP contribution in [0.15, 0.2) is 36.2 Å². The van der Waals surface area contributed by atoms with E-state index < -0.39 is 23.5 Å². The lowest BCUT2D eigenvalue weighted by atomic mass is 9.73. The summed E-state index contributed by atoms with van der Waals surface area (Å²) in [6.07, 6.45) is -1.20. The van der Waals surface area contributed by atoms with Gasteiger partial charge >= 0.3 is 6.18 Å². The van der Waals surface area contributed by atoms with Crippen LogP contribution >= 0.6 is 22.7 Å². The van der Waals surface area contributed by atoms with E-state index in [9.17, 15) is 18.4 Å². The van der Waals surface area contributed by atoms with E-state index in [-0.39, 0.29) is 0 Å². The van der Waals surface area contributed by atoms with Crippen LogP contribution in [0.4, 0.5) is 18.2 Å². The number of thiophene rings is 1. The summed E-state index contributed by atoms with van der Waals surface area (Å²) in [4.78, 5) is 2.64. The number of nitriles is 1. The zero-order chi connectivity index (χ0) is 24.3. The number of rotatable bonds is 3. The third kappa shape index (κ3) is 3.61. The molecule has 0 amide bonds. The lowest BCUT2D eigenvalue weighted by molar-refractivity contribution is -0.0963. The Hall–Kier alpha value is -3.10. The lowest BCUT2D eigenvalue weighted by Gasteiger charge is -2.32. The highest BCUT2D eigenvalue weighted by Crippen LogP contribution is 2.50. The number of fused-ring (bicyclic) bond motifs is 1. The molecule has 1 aliphatic carbocycles. The van der Waals surface area contributed by atoms with Gasteiger partial charge in [0.25, 0.3) is 0 Å². The molecule has 3 aromatic rings. The van der Waals surface area contributed by atoms with E-state index in [0.717, 1.165) is 51.5 Å². The molecule has 176 valence electrons. The highest BCUT2D eigenvalue weighted by molar-refractivity contribution is 7.16. The van der Waals surface area contributed by atoms with Crippen molar-refractivity contribution in [3.63, 3.8) is 0 Å². The van der Waals surface area contributed by atoms with E-state index in [1.54, 1.807) is 19.2 Å². The Bertz CT molecular complexity index is 1320. The van der Waals surface area contributed by atoms with E-state index in [2.05, 4.69) is 28.5 Å². The van der Waals surface area contributed by atoms with E-state index in [0.29, 0.717) is 16.1 Å². The summed E-state index contributed by atoms with van der Waals surface area (Å²) in [6.45, 7) is 2.10. The molecule has 0 spiro atoms. The van der Waals surface area contributed by atoms with Gasteiger partial charge in [-0.25, -0.2) is 0 Å². The molecule has 2 atom stereocenters. The second-order valence-corrected chi connectivity index (χ2v) is 10.8. The Morgan fingerprint density at radius 3 is 2.62 bits per heavy atom. The average Bonchev–Trinajstić information content (AvgIpc) is 3.51. The highest BCUT2D eigenvalue weighted by Gasteiger charge is 2.42. The van der Waals surface area contributed by atoms with Crippen molar-refractivity contribution in [3.8, 4) is 16.6 Å². The number of anilines is 1. The van der Waals surface area contributed by atoms with E-state index in [1.807, 2.05) is 12.1 Å². The Morgan fingerprint density at radius 2 is 1.97 bits per heavy atom. The first kappa shape index (κ1) is 22.7. The van der Waals surface area contributed by atoms with Crippen LogP contribution < -0.4 is 11.1 Å². The lowest BCUT2D eigenvalue weighted by Crippen LogP contribution is -2.28. The molecule has 11 heteroatoms. The average molecular weight is 503 g/mol. The maximum atomic E-state index is 13.0. The Kier molecular flexibility index (Phi) is 5.33. The summed E-state index contributed by atoms with van der Waals surface area (Å²) >= 11 is 2.96. The van der Waals surface area contributed by atoms with Crippen LogP contribution in [0.1, 0.15) is 52.5 Å². The Morgan fingerprint density at radius 1 is 1.24 bits per heavy atom. The van der Waals surface area contributed by atoms with E-state index in [1.165, 1.54) is 27.6 Å².